The number of rotatable bonds is 4. The highest BCUT2D eigenvalue weighted by atomic mass is 79.9. The van der Waals surface area contributed by atoms with E-state index >= 15 is 0 Å². The molecule has 6 heteroatoms. The second kappa shape index (κ2) is 6.02. The Kier molecular flexibility index (Phi) is 4.28. The van der Waals surface area contributed by atoms with Crippen LogP contribution in [0, 0.1) is 0 Å². The van der Waals surface area contributed by atoms with Gasteiger partial charge < -0.3 is 0 Å². The van der Waals surface area contributed by atoms with Crippen molar-refractivity contribution in [2.24, 2.45) is 0 Å². The van der Waals surface area contributed by atoms with Gasteiger partial charge in [0.15, 0.2) is 5.78 Å². The standard InChI is InChI=1S/C15H12Br2N2OS/c1-2-19-12-6-4-3-5-9(12)11(18-19)8-13(20)14-7-10(16)15(17)21-14/h3-7H,2,8H2,1H3. The minimum Gasteiger partial charge on any atom is -0.293 e. The Balaban J connectivity index is 1.96. The van der Waals surface area contributed by atoms with Crippen LogP contribution in [-0.2, 0) is 13.0 Å². The molecule has 0 spiro atoms. The van der Waals surface area contributed by atoms with Crippen molar-refractivity contribution in [1.29, 1.82) is 0 Å². The summed E-state index contributed by atoms with van der Waals surface area (Å²) < 4.78 is 3.80. The van der Waals surface area contributed by atoms with Crippen molar-refractivity contribution in [1.82, 2.24) is 9.78 Å². The molecule has 0 atom stereocenters. The molecule has 3 aromatic rings. The van der Waals surface area contributed by atoms with Gasteiger partial charge in [0.1, 0.15) is 0 Å². The van der Waals surface area contributed by atoms with Gasteiger partial charge in [-0.05, 0) is 50.9 Å². The van der Waals surface area contributed by atoms with E-state index in [1.807, 2.05) is 35.0 Å². The molecule has 0 amide bonds. The number of ketones is 1. The highest BCUT2D eigenvalue weighted by Crippen LogP contribution is 2.33. The number of aromatic nitrogens is 2. The van der Waals surface area contributed by atoms with E-state index in [-0.39, 0.29) is 5.78 Å². The van der Waals surface area contributed by atoms with E-state index in [2.05, 4.69) is 43.9 Å². The van der Waals surface area contributed by atoms with Crippen molar-refractivity contribution in [2.45, 2.75) is 19.9 Å². The van der Waals surface area contributed by atoms with Crippen molar-refractivity contribution in [3.63, 3.8) is 0 Å². The summed E-state index contributed by atoms with van der Waals surface area (Å²) in [5.74, 6) is 0.0953. The van der Waals surface area contributed by atoms with E-state index in [4.69, 9.17) is 0 Å². The number of nitrogens with zero attached hydrogens (tertiary/aromatic N) is 2. The quantitative estimate of drug-likeness (QED) is 0.545. The molecule has 1 aromatic carbocycles. The predicted octanol–water partition coefficient (Wildman–Crippen LogP) is 5.07. The topological polar surface area (TPSA) is 34.9 Å². The van der Waals surface area contributed by atoms with Crippen LogP contribution in [0.15, 0.2) is 38.6 Å². The average Bonchev–Trinajstić information content (AvgIpc) is 3.01. The van der Waals surface area contributed by atoms with Crippen LogP contribution in [0.2, 0.25) is 0 Å². The summed E-state index contributed by atoms with van der Waals surface area (Å²) in [4.78, 5) is 13.2. The Bertz CT molecular complexity index is 803. The molecule has 2 heterocycles. The number of Topliss-reactive ketones (excluding diaryl/α,β-unsaturated/α-hetero) is 1. The Labute approximate surface area is 143 Å². The number of carbonyl (C=O) groups is 1. The van der Waals surface area contributed by atoms with E-state index in [9.17, 15) is 4.79 Å². The summed E-state index contributed by atoms with van der Waals surface area (Å²) in [5, 5.41) is 5.64. The largest absolute Gasteiger partial charge is 0.293 e. The number of halogens is 2. The normalized spacial score (nSPS) is 11.2. The lowest BCUT2D eigenvalue weighted by Gasteiger charge is -1.95. The van der Waals surface area contributed by atoms with Crippen molar-refractivity contribution in [3.05, 3.63) is 49.2 Å². The smallest absolute Gasteiger partial charge is 0.178 e. The van der Waals surface area contributed by atoms with Crippen LogP contribution < -0.4 is 0 Å². The summed E-state index contributed by atoms with van der Waals surface area (Å²) in [6.07, 6.45) is 0.326. The predicted molar refractivity (Wildman–Crippen MR) is 93.2 cm³/mol. The molecule has 0 aliphatic rings. The molecule has 0 saturated heterocycles. The minimum absolute atomic E-state index is 0.0953. The van der Waals surface area contributed by atoms with Gasteiger partial charge in [-0.15, -0.1) is 11.3 Å². The lowest BCUT2D eigenvalue weighted by atomic mass is 10.1. The lowest BCUT2D eigenvalue weighted by Crippen LogP contribution is -2.03. The molecule has 3 nitrogen and oxygen atoms in total. The molecule has 0 unspecified atom stereocenters. The highest BCUT2D eigenvalue weighted by Gasteiger charge is 2.17. The van der Waals surface area contributed by atoms with Crippen molar-refractivity contribution in [2.75, 3.05) is 0 Å². The van der Waals surface area contributed by atoms with Crippen LogP contribution in [0.1, 0.15) is 22.3 Å². The Morgan fingerprint density at radius 2 is 2.10 bits per heavy atom. The number of hydrogen-bond acceptors (Lipinski definition) is 3. The first-order chi connectivity index (χ1) is 10.1. The van der Waals surface area contributed by atoms with Gasteiger partial charge in [0.25, 0.3) is 0 Å². The Morgan fingerprint density at radius 3 is 2.76 bits per heavy atom. The SMILES string of the molecule is CCn1nc(CC(=O)c2cc(Br)c(Br)s2)c2ccccc21. The van der Waals surface area contributed by atoms with Gasteiger partial charge in [-0.3, -0.25) is 9.48 Å². The van der Waals surface area contributed by atoms with E-state index in [0.717, 1.165) is 36.3 Å². The molecule has 0 bridgehead atoms. The molecule has 2 aromatic heterocycles. The molecule has 0 radical (unpaired) electrons. The molecule has 0 aliphatic heterocycles. The second-order valence-corrected chi connectivity index (χ2v) is 7.84. The molecule has 3 rings (SSSR count). The third kappa shape index (κ3) is 2.84. The molecule has 0 N–H and O–H groups in total. The number of hydrogen-bond donors (Lipinski definition) is 0. The van der Waals surface area contributed by atoms with Crippen molar-refractivity contribution in [3.8, 4) is 0 Å². The lowest BCUT2D eigenvalue weighted by molar-refractivity contribution is 0.0996. The zero-order valence-corrected chi connectivity index (χ0v) is 15.3. The fourth-order valence-electron chi connectivity index (χ4n) is 2.29. The maximum atomic E-state index is 12.4. The van der Waals surface area contributed by atoms with Crippen LogP contribution >= 0.6 is 43.2 Å². The molecular formula is C15H12Br2N2OS. The molecular weight excluding hydrogens is 416 g/mol. The number of aryl methyl sites for hydroxylation is 1. The van der Waals surface area contributed by atoms with Crippen LogP contribution in [0.3, 0.4) is 0 Å². The van der Waals surface area contributed by atoms with Gasteiger partial charge in [0.05, 0.1) is 26.3 Å². The Morgan fingerprint density at radius 1 is 1.33 bits per heavy atom. The summed E-state index contributed by atoms with van der Waals surface area (Å²) >= 11 is 8.29. The molecule has 21 heavy (non-hydrogen) atoms. The van der Waals surface area contributed by atoms with Gasteiger partial charge in [-0.25, -0.2) is 0 Å². The van der Waals surface area contributed by atoms with Gasteiger partial charge in [0.2, 0.25) is 0 Å². The summed E-state index contributed by atoms with van der Waals surface area (Å²) in [6.45, 7) is 2.85. The van der Waals surface area contributed by atoms with Crippen molar-refractivity contribution < 1.29 is 4.79 Å². The first-order valence-electron chi connectivity index (χ1n) is 6.52. The van der Waals surface area contributed by atoms with Gasteiger partial charge in [-0.2, -0.15) is 5.10 Å². The monoisotopic (exact) mass is 426 g/mol. The minimum atomic E-state index is 0.0953. The number of fused-ring (bicyclic) bond motifs is 1. The second-order valence-electron chi connectivity index (χ2n) is 4.61. The van der Waals surface area contributed by atoms with Crippen LogP contribution in [0.5, 0.6) is 0 Å². The maximum Gasteiger partial charge on any atom is 0.178 e. The van der Waals surface area contributed by atoms with E-state index in [0.29, 0.717) is 6.42 Å². The summed E-state index contributed by atoms with van der Waals surface area (Å²) in [6, 6.07) is 9.90. The fraction of sp³-hybridized carbons (Fsp3) is 0.200. The summed E-state index contributed by atoms with van der Waals surface area (Å²) in [5.41, 5.74) is 1.93. The molecule has 0 fully saturated rings. The fourth-order valence-corrected chi connectivity index (χ4v) is 4.26. The van der Waals surface area contributed by atoms with Gasteiger partial charge in [-0.1, -0.05) is 18.2 Å². The van der Waals surface area contributed by atoms with Gasteiger partial charge in [0, 0.05) is 16.4 Å². The first kappa shape index (κ1) is 14.9. The van der Waals surface area contributed by atoms with Gasteiger partial charge >= 0.3 is 0 Å². The number of carbonyl (C=O) groups excluding carboxylic acids is 1. The number of thiophene rings is 1. The maximum absolute atomic E-state index is 12.4. The van der Waals surface area contributed by atoms with E-state index < -0.39 is 0 Å². The highest BCUT2D eigenvalue weighted by molar-refractivity contribution is 9.13. The molecule has 108 valence electrons. The molecule has 0 saturated carbocycles. The Hall–Kier alpha value is -0.980. The third-order valence-corrected chi connectivity index (χ3v) is 6.58. The van der Waals surface area contributed by atoms with E-state index in [1.165, 1.54) is 11.3 Å². The van der Waals surface area contributed by atoms with Crippen LogP contribution in [-0.4, -0.2) is 15.6 Å². The number of para-hydroxylation sites is 1. The van der Waals surface area contributed by atoms with Crippen LogP contribution in [0.25, 0.3) is 10.9 Å². The zero-order valence-electron chi connectivity index (χ0n) is 11.3. The number of benzene rings is 1. The van der Waals surface area contributed by atoms with Crippen LogP contribution in [0.4, 0.5) is 0 Å². The van der Waals surface area contributed by atoms with Crippen molar-refractivity contribution >= 4 is 59.9 Å². The average molecular weight is 428 g/mol. The third-order valence-electron chi connectivity index (χ3n) is 3.28. The van der Waals surface area contributed by atoms with E-state index in [1.54, 1.807) is 0 Å². The molecule has 0 aliphatic carbocycles. The summed E-state index contributed by atoms with van der Waals surface area (Å²) in [7, 11) is 0. The first-order valence-corrected chi connectivity index (χ1v) is 8.93. The zero-order chi connectivity index (χ0) is 15.0.